The molecule has 0 unspecified atom stereocenters. The van der Waals surface area contributed by atoms with Gasteiger partial charge in [0.1, 0.15) is 0 Å². The van der Waals surface area contributed by atoms with Crippen LogP contribution in [0.5, 0.6) is 0 Å². The van der Waals surface area contributed by atoms with Crippen LogP contribution in [0.2, 0.25) is 0 Å². The van der Waals surface area contributed by atoms with E-state index >= 15 is 0 Å². The Labute approximate surface area is 78.5 Å². The van der Waals surface area contributed by atoms with Gasteiger partial charge in [0.2, 0.25) is 0 Å². The van der Waals surface area contributed by atoms with Gasteiger partial charge in [-0.1, -0.05) is 45.2 Å². The number of alkyl halides is 2. The molecule has 0 spiro atoms. The maximum Gasteiger partial charge on any atom is 0.0123 e. The Bertz CT molecular complexity index is 43.7. The average Bonchev–Trinajstić information content (AvgIpc) is 1.68. The van der Waals surface area contributed by atoms with Gasteiger partial charge in [-0.2, -0.15) is 0 Å². The van der Waals surface area contributed by atoms with Crippen LogP contribution < -0.4 is 0 Å². The summed E-state index contributed by atoms with van der Waals surface area (Å²) in [6, 6.07) is 0. The Kier molecular flexibility index (Phi) is 7.70. The summed E-state index contributed by atoms with van der Waals surface area (Å²) in [6.07, 6.45) is 0. The smallest absolute Gasteiger partial charge is 0.0123 e. The first kappa shape index (κ1) is 9.42. The van der Waals surface area contributed by atoms with Gasteiger partial charge in [0.25, 0.3) is 0 Å². The molecule has 0 aromatic rings. The minimum Gasteiger partial charge on any atom is -0.305 e. The van der Waals surface area contributed by atoms with Crippen LogP contribution >= 0.6 is 45.2 Å². The fourth-order valence-corrected chi connectivity index (χ4v) is 2.05. The SMILES string of the molecule is CN(CCI)CCI. The number of hydrogen-bond donors (Lipinski definition) is 0. The highest BCUT2D eigenvalue weighted by atomic mass is 127. The van der Waals surface area contributed by atoms with Crippen molar-refractivity contribution in [2.45, 2.75) is 0 Å². The van der Waals surface area contributed by atoms with Crippen molar-refractivity contribution >= 4 is 45.2 Å². The van der Waals surface area contributed by atoms with E-state index in [1.807, 2.05) is 0 Å². The van der Waals surface area contributed by atoms with Gasteiger partial charge in [-0.05, 0) is 7.05 Å². The van der Waals surface area contributed by atoms with Crippen molar-refractivity contribution in [3.05, 3.63) is 0 Å². The predicted molar refractivity (Wildman–Crippen MR) is 55.3 cm³/mol. The summed E-state index contributed by atoms with van der Waals surface area (Å²) in [6.45, 7) is 2.45. The normalized spacial score (nSPS) is 10.5. The lowest BCUT2D eigenvalue weighted by atomic mass is 10.6. The first-order valence-corrected chi connectivity index (χ1v) is 5.67. The zero-order valence-corrected chi connectivity index (χ0v) is 9.35. The van der Waals surface area contributed by atoms with Gasteiger partial charge in [0, 0.05) is 21.9 Å². The fourth-order valence-electron chi connectivity index (χ4n) is 0.400. The molecule has 0 aromatic carbocycles. The van der Waals surface area contributed by atoms with E-state index in [9.17, 15) is 0 Å². The van der Waals surface area contributed by atoms with E-state index in [1.165, 1.54) is 21.9 Å². The molecule has 0 aromatic heterocycles. The Morgan fingerprint density at radius 1 is 1.12 bits per heavy atom. The Morgan fingerprint density at radius 3 is 1.75 bits per heavy atom. The highest BCUT2D eigenvalue weighted by molar-refractivity contribution is 14.1. The second-order valence-electron chi connectivity index (χ2n) is 1.68. The maximum atomic E-state index is 2.40. The van der Waals surface area contributed by atoms with Crippen LogP contribution in [0.4, 0.5) is 0 Å². The number of rotatable bonds is 4. The van der Waals surface area contributed by atoms with Crippen molar-refractivity contribution in [2.75, 3.05) is 29.0 Å². The summed E-state index contributed by atoms with van der Waals surface area (Å²) in [5.41, 5.74) is 0. The van der Waals surface area contributed by atoms with E-state index in [-0.39, 0.29) is 0 Å². The second-order valence-corrected chi connectivity index (χ2v) is 3.84. The molecule has 50 valence electrons. The molecular weight excluding hydrogens is 328 g/mol. The molecule has 0 saturated heterocycles. The zero-order valence-electron chi connectivity index (χ0n) is 5.03. The molecule has 0 saturated carbocycles. The van der Waals surface area contributed by atoms with Crippen molar-refractivity contribution in [3.63, 3.8) is 0 Å². The molecule has 0 bridgehead atoms. The molecule has 0 atom stereocenters. The van der Waals surface area contributed by atoms with Gasteiger partial charge in [0.05, 0.1) is 0 Å². The fraction of sp³-hybridized carbons (Fsp3) is 1.00. The lowest BCUT2D eigenvalue weighted by Gasteiger charge is -2.11. The molecular formula is C5H11I2N. The van der Waals surface area contributed by atoms with Crippen molar-refractivity contribution in [1.82, 2.24) is 4.90 Å². The summed E-state index contributed by atoms with van der Waals surface area (Å²) in [7, 11) is 2.16. The van der Waals surface area contributed by atoms with Gasteiger partial charge in [-0.25, -0.2) is 0 Å². The average molecular weight is 339 g/mol. The molecule has 0 radical (unpaired) electrons. The molecule has 0 N–H and O–H groups in total. The third kappa shape index (κ3) is 5.55. The third-order valence-electron chi connectivity index (χ3n) is 0.932. The summed E-state index contributed by atoms with van der Waals surface area (Å²) >= 11 is 4.80. The molecule has 0 aliphatic heterocycles. The van der Waals surface area contributed by atoms with Crippen LogP contribution in [0.25, 0.3) is 0 Å². The highest BCUT2D eigenvalue weighted by Gasteiger charge is 1.91. The van der Waals surface area contributed by atoms with Crippen molar-refractivity contribution in [1.29, 1.82) is 0 Å². The van der Waals surface area contributed by atoms with Gasteiger partial charge in [-0.15, -0.1) is 0 Å². The van der Waals surface area contributed by atoms with E-state index in [4.69, 9.17) is 0 Å². The van der Waals surface area contributed by atoms with E-state index in [1.54, 1.807) is 0 Å². The van der Waals surface area contributed by atoms with Gasteiger partial charge in [0.15, 0.2) is 0 Å². The standard InChI is InChI=1S/C5H11I2N/c1-8(4-2-6)5-3-7/h2-5H2,1H3. The Balaban J connectivity index is 2.92. The monoisotopic (exact) mass is 339 g/mol. The quantitative estimate of drug-likeness (QED) is 0.558. The molecule has 0 fully saturated rings. The van der Waals surface area contributed by atoms with Crippen molar-refractivity contribution in [3.8, 4) is 0 Å². The summed E-state index contributed by atoms with van der Waals surface area (Å²) in [4.78, 5) is 2.35. The summed E-state index contributed by atoms with van der Waals surface area (Å²) < 4.78 is 2.48. The molecule has 3 heteroatoms. The number of halogens is 2. The lowest BCUT2D eigenvalue weighted by molar-refractivity contribution is 0.384. The largest absolute Gasteiger partial charge is 0.305 e. The molecule has 0 aliphatic carbocycles. The Morgan fingerprint density at radius 2 is 1.50 bits per heavy atom. The van der Waals surface area contributed by atoms with Crippen LogP contribution in [0.15, 0.2) is 0 Å². The minimum atomic E-state index is 1.23. The summed E-state index contributed by atoms with van der Waals surface area (Å²) in [5.74, 6) is 0. The van der Waals surface area contributed by atoms with Crippen LogP contribution in [-0.4, -0.2) is 33.9 Å². The second kappa shape index (κ2) is 6.54. The van der Waals surface area contributed by atoms with E-state index in [0.717, 1.165) is 0 Å². The molecule has 8 heavy (non-hydrogen) atoms. The Hall–Kier alpha value is 1.42. The minimum absolute atomic E-state index is 1.23. The number of nitrogens with zero attached hydrogens (tertiary/aromatic N) is 1. The van der Waals surface area contributed by atoms with E-state index in [2.05, 4.69) is 57.1 Å². The lowest BCUT2D eigenvalue weighted by Crippen LogP contribution is -2.22. The maximum absolute atomic E-state index is 2.40. The topological polar surface area (TPSA) is 3.24 Å². The van der Waals surface area contributed by atoms with Crippen molar-refractivity contribution in [2.24, 2.45) is 0 Å². The van der Waals surface area contributed by atoms with Crippen LogP contribution in [0.1, 0.15) is 0 Å². The van der Waals surface area contributed by atoms with Gasteiger partial charge < -0.3 is 4.90 Å². The van der Waals surface area contributed by atoms with E-state index in [0.29, 0.717) is 0 Å². The zero-order chi connectivity index (χ0) is 6.41. The third-order valence-corrected chi connectivity index (χ3v) is 1.90. The molecule has 0 rings (SSSR count). The number of hydrogen-bond acceptors (Lipinski definition) is 1. The van der Waals surface area contributed by atoms with Crippen LogP contribution in [0.3, 0.4) is 0 Å². The van der Waals surface area contributed by atoms with E-state index < -0.39 is 0 Å². The summed E-state index contributed by atoms with van der Waals surface area (Å²) in [5, 5.41) is 0. The highest BCUT2D eigenvalue weighted by Crippen LogP contribution is 1.89. The molecule has 0 aliphatic rings. The first-order valence-electron chi connectivity index (χ1n) is 2.61. The molecule has 0 amide bonds. The van der Waals surface area contributed by atoms with Crippen LogP contribution in [0, 0.1) is 0 Å². The predicted octanol–water partition coefficient (Wildman–Crippen LogP) is 1.79. The molecule has 1 nitrogen and oxygen atoms in total. The van der Waals surface area contributed by atoms with Crippen molar-refractivity contribution < 1.29 is 0 Å². The van der Waals surface area contributed by atoms with Crippen LogP contribution in [-0.2, 0) is 0 Å². The van der Waals surface area contributed by atoms with Gasteiger partial charge >= 0.3 is 0 Å². The first-order chi connectivity index (χ1) is 3.81. The molecule has 0 heterocycles. The van der Waals surface area contributed by atoms with Gasteiger partial charge in [-0.3, -0.25) is 0 Å².